The highest BCUT2D eigenvalue weighted by molar-refractivity contribution is 7.89. The first-order chi connectivity index (χ1) is 18.4. The summed E-state index contributed by atoms with van der Waals surface area (Å²) in [6.45, 7) is 6.59. The van der Waals surface area contributed by atoms with Crippen molar-refractivity contribution >= 4 is 27.3 Å². The number of likely N-dealkylation sites (N-methyl/N-ethyl adjacent to an activating group) is 1. The van der Waals surface area contributed by atoms with Crippen molar-refractivity contribution in [2.24, 2.45) is 0 Å². The number of aliphatic hydroxyl groups is 1. The number of aliphatic hydroxyl groups excluding tert-OH is 1. The Labute approximate surface area is 236 Å². The van der Waals surface area contributed by atoms with Crippen LogP contribution in [-0.4, -0.2) is 60.7 Å². The molecule has 39 heavy (non-hydrogen) atoms. The molecule has 1 atom stereocenters. The number of carboxylic acids is 1. The van der Waals surface area contributed by atoms with Crippen LogP contribution in [0.15, 0.2) is 64.9 Å². The minimum Gasteiger partial charge on any atom is -0.481 e. The number of β-amino-alcohol motifs (C(OH)–C–C–N with tert-alkyl or cyclic N) is 1. The molecule has 0 aliphatic heterocycles. The van der Waals surface area contributed by atoms with Gasteiger partial charge in [0.05, 0.1) is 11.0 Å². The van der Waals surface area contributed by atoms with Crippen LogP contribution in [0.25, 0.3) is 11.1 Å². The summed E-state index contributed by atoms with van der Waals surface area (Å²) < 4.78 is 27.8. The lowest BCUT2D eigenvalue weighted by molar-refractivity contribution is -0.136. The molecule has 0 amide bonds. The summed E-state index contributed by atoms with van der Waals surface area (Å²) in [6, 6.07) is 16.3. The molecular formula is C30H40N2O5S2. The number of thiophene rings is 1. The average molecular weight is 573 g/mol. The fourth-order valence-electron chi connectivity index (χ4n) is 4.47. The molecule has 1 unspecified atom stereocenters. The molecule has 1 aromatic heterocycles. The second-order valence-corrected chi connectivity index (χ2v) is 13.8. The van der Waals surface area contributed by atoms with Gasteiger partial charge < -0.3 is 15.5 Å². The van der Waals surface area contributed by atoms with Crippen molar-refractivity contribution in [1.29, 1.82) is 0 Å². The van der Waals surface area contributed by atoms with E-state index in [1.54, 1.807) is 29.5 Å². The summed E-state index contributed by atoms with van der Waals surface area (Å²) >= 11 is 1.79. The molecule has 0 saturated heterocycles. The van der Waals surface area contributed by atoms with Gasteiger partial charge in [0.1, 0.15) is 0 Å². The maximum Gasteiger partial charge on any atom is 0.303 e. The molecule has 0 aliphatic rings. The van der Waals surface area contributed by atoms with Crippen molar-refractivity contribution in [3.8, 4) is 11.1 Å². The first kappa shape index (κ1) is 31.0. The van der Waals surface area contributed by atoms with Gasteiger partial charge in [0.15, 0.2) is 0 Å². The largest absolute Gasteiger partial charge is 0.481 e. The van der Waals surface area contributed by atoms with Crippen molar-refractivity contribution in [3.63, 3.8) is 0 Å². The molecular weight excluding hydrogens is 532 g/mol. The SMILES string of the molecule is Cc1ccsc1CCCC(C)(C)NCC(O)CN(C)S(=O)(=O)c1cccc(-c2cccc(CCC(=O)O)c2)c1. The molecule has 9 heteroatoms. The Bertz CT molecular complexity index is 1350. The number of hydrogen-bond acceptors (Lipinski definition) is 6. The Morgan fingerprint density at radius 3 is 2.44 bits per heavy atom. The van der Waals surface area contributed by atoms with Crippen LogP contribution in [0.4, 0.5) is 0 Å². The van der Waals surface area contributed by atoms with E-state index in [1.165, 1.54) is 21.8 Å². The summed E-state index contributed by atoms with van der Waals surface area (Å²) in [4.78, 5) is 12.5. The monoisotopic (exact) mass is 572 g/mol. The van der Waals surface area contributed by atoms with E-state index >= 15 is 0 Å². The Balaban J connectivity index is 1.57. The topological polar surface area (TPSA) is 107 Å². The van der Waals surface area contributed by atoms with Gasteiger partial charge in [0.25, 0.3) is 0 Å². The number of nitrogens with one attached hydrogen (secondary N) is 1. The van der Waals surface area contributed by atoms with Gasteiger partial charge >= 0.3 is 5.97 Å². The minimum absolute atomic E-state index is 0.0330. The van der Waals surface area contributed by atoms with E-state index in [9.17, 15) is 18.3 Å². The first-order valence-corrected chi connectivity index (χ1v) is 15.5. The highest BCUT2D eigenvalue weighted by Gasteiger charge is 2.25. The van der Waals surface area contributed by atoms with Gasteiger partial charge in [-0.15, -0.1) is 11.3 Å². The smallest absolute Gasteiger partial charge is 0.303 e. The summed E-state index contributed by atoms with van der Waals surface area (Å²) in [5.41, 5.74) is 3.57. The standard InChI is InChI=1S/C30H40N2O5S2/c1-22-15-17-38-28(22)12-7-16-30(2,3)31-20-26(33)21-32(4)39(36,37)27-11-6-10-25(19-27)24-9-5-8-23(18-24)13-14-29(34)35/h5-6,8-11,15,17-19,26,31,33H,7,12-14,16,20-21H2,1-4H3,(H,34,35). The molecule has 1 heterocycles. The number of nitrogens with zero attached hydrogens (tertiary/aromatic N) is 1. The molecule has 3 aromatic rings. The minimum atomic E-state index is -3.82. The van der Waals surface area contributed by atoms with Gasteiger partial charge in [-0.3, -0.25) is 4.79 Å². The van der Waals surface area contributed by atoms with Crippen LogP contribution in [0.1, 0.15) is 49.1 Å². The van der Waals surface area contributed by atoms with Crippen LogP contribution in [0.2, 0.25) is 0 Å². The number of carboxylic acid groups (broad SMARTS) is 1. The Hall–Kier alpha value is -2.56. The van der Waals surface area contributed by atoms with E-state index in [2.05, 4.69) is 37.5 Å². The fourth-order valence-corrected chi connectivity index (χ4v) is 6.67. The summed E-state index contributed by atoms with van der Waals surface area (Å²) in [6.07, 6.45) is 2.58. The van der Waals surface area contributed by atoms with Crippen molar-refractivity contribution in [2.75, 3.05) is 20.1 Å². The lowest BCUT2D eigenvalue weighted by Gasteiger charge is -2.29. The molecule has 212 valence electrons. The number of aliphatic carboxylic acids is 1. The normalized spacial score (nSPS) is 13.1. The number of benzene rings is 2. The summed E-state index contributed by atoms with van der Waals surface area (Å²) in [5, 5.41) is 25.1. The molecule has 2 aromatic carbocycles. The van der Waals surface area contributed by atoms with Crippen LogP contribution in [0.5, 0.6) is 0 Å². The first-order valence-electron chi connectivity index (χ1n) is 13.2. The Morgan fingerprint density at radius 2 is 1.77 bits per heavy atom. The number of hydrogen-bond donors (Lipinski definition) is 3. The predicted molar refractivity (Wildman–Crippen MR) is 158 cm³/mol. The van der Waals surface area contributed by atoms with E-state index in [4.69, 9.17) is 5.11 Å². The zero-order valence-corrected chi connectivity index (χ0v) is 24.8. The quantitative estimate of drug-likeness (QED) is 0.234. The van der Waals surface area contributed by atoms with E-state index in [0.29, 0.717) is 6.42 Å². The molecule has 3 rings (SSSR count). The highest BCUT2D eigenvalue weighted by atomic mass is 32.2. The molecule has 0 spiro atoms. The van der Waals surface area contributed by atoms with E-state index in [1.807, 2.05) is 30.3 Å². The maximum atomic E-state index is 13.3. The molecule has 0 aliphatic carbocycles. The molecule has 0 radical (unpaired) electrons. The molecule has 3 N–H and O–H groups in total. The van der Waals surface area contributed by atoms with Crippen molar-refractivity contribution in [2.45, 2.75) is 69.4 Å². The number of sulfonamides is 1. The van der Waals surface area contributed by atoms with Crippen molar-refractivity contribution in [1.82, 2.24) is 9.62 Å². The van der Waals surface area contributed by atoms with Crippen LogP contribution in [0.3, 0.4) is 0 Å². The fraction of sp³-hybridized carbons (Fsp3) is 0.433. The number of rotatable bonds is 15. The van der Waals surface area contributed by atoms with Crippen LogP contribution >= 0.6 is 11.3 Å². The Morgan fingerprint density at radius 1 is 1.08 bits per heavy atom. The van der Waals surface area contributed by atoms with E-state index in [0.717, 1.165) is 36.0 Å². The summed E-state index contributed by atoms with van der Waals surface area (Å²) in [7, 11) is -2.35. The molecule has 0 fully saturated rings. The van der Waals surface area contributed by atoms with Gasteiger partial charge in [-0.05, 0) is 92.3 Å². The third kappa shape index (κ3) is 9.25. The van der Waals surface area contributed by atoms with Gasteiger partial charge in [0.2, 0.25) is 10.0 Å². The maximum absolute atomic E-state index is 13.3. The lowest BCUT2D eigenvalue weighted by Crippen LogP contribution is -2.46. The van der Waals surface area contributed by atoms with Crippen LogP contribution in [-0.2, 0) is 27.7 Å². The second-order valence-electron chi connectivity index (χ2n) is 10.7. The second kappa shape index (κ2) is 13.7. The highest BCUT2D eigenvalue weighted by Crippen LogP contribution is 2.26. The average Bonchev–Trinajstić information content (AvgIpc) is 3.30. The van der Waals surface area contributed by atoms with Crippen LogP contribution in [0, 0.1) is 6.92 Å². The van der Waals surface area contributed by atoms with Gasteiger partial charge in [-0.25, -0.2) is 8.42 Å². The van der Waals surface area contributed by atoms with Crippen molar-refractivity contribution < 1.29 is 23.4 Å². The van der Waals surface area contributed by atoms with Crippen LogP contribution < -0.4 is 5.32 Å². The third-order valence-corrected chi connectivity index (χ3v) is 9.79. The Kier molecular flexibility index (Phi) is 10.9. The molecule has 0 saturated carbocycles. The molecule has 0 bridgehead atoms. The van der Waals surface area contributed by atoms with E-state index < -0.39 is 22.1 Å². The van der Waals surface area contributed by atoms with Gasteiger partial charge in [-0.1, -0.05) is 36.4 Å². The zero-order valence-electron chi connectivity index (χ0n) is 23.2. The molecule has 7 nitrogen and oxygen atoms in total. The van der Waals surface area contributed by atoms with Gasteiger partial charge in [-0.2, -0.15) is 4.31 Å². The number of aryl methyl sites for hydroxylation is 3. The van der Waals surface area contributed by atoms with Gasteiger partial charge in [0, 0.05) is 37.0 Å². The van der Waals surface area contributed by atoms with E-state index in [-0.39, 0.29) is 29.9 Å². The number of carbonyl (C=O) groups is 1. The third-order valence-electron chi connectivity index (χ3n) is 6.89. The van der Waals surface area contributed by atoms with Crippen molar-refractivity contribution in [3.05, 3.63) is 76.0 Å². The lowest BCUT2D eigenvalue weighted by atomic mass is 9.96. The summed E-state index contributed by atoms with van der Waals surface area (Å²) in [5.74, 6) is -0.860. The zero-order chi connectivity index (χ0) is 28.6. The predicted octanol–water partition coefficient (Wildman–Crippen LogP) is 5.11.